The molecule has 15 nitrogen and oxygen atoms in total. The molecule has 2 aromatic carbocycles. The fourth-order valence-electron chi connectivity index (χ4n) is 4.20. The fraction of sp³-hybridized carbons (Fsp3) is 0.393. The number of rotatable bonds is 9. The summed E-state index contributed by atoms with van der Waals surface area (Å²) in [5, 5.41) is 20.1. The van der Waals surface area contributed by atoms with Crippen LogP contribution in [-0.4, -0.2) is 72.0 Å². The molecule has 4 rings (SSSR count). The van der Waals surface area contributed by atoms with E-state index in [0.29, 0.717) is 5.56 Å². The van der Waals surface area contributed by atoms with Crippen LogP contribution in [0.15, 0.2) is 64.8 Å². The highest BCUT2D eigenvalue weighted by Gasteiger charge is 2.36. The summed E-state index contributed by atoms with van der Waals surface area (Å²) in [4.78, 5) is 28.2. The molecule has 0 spiro atoms. The number of nitrogens with zero attached hydrogens (tertiary/aromatic N) is 5. The van der Waals surface area contributed by atoms with Gasteiger partial charge >= 0.3 is 18.4 Å². The first kappa shape index (κ1) is 34.8. The van der Waals surface area contributed by atoms with Gasteiger partial charge in [0.1, 0.15) is 18.2 Å². The molecule has 1 saturated heterocycles. The molecule has 1 aliphatic heterocycles. The first-order valence-corrected chi connectivity index (χ1v) is 15.4. The maximum absolute atomic E-state index is 13.5. The average Bonchev–Trinajstić information content (AvgIpc) is 3.63. The molecule has 1 amide bonds. The summed E-state index contributed by atoms with van der Waals surface area (Å²) in [6.07, 6.45) is -7.80. The van der Waals surface area contributed by atoms with Crippen molar-refractivity contribution in [3.05, 3.63) is 71.1 Å². The minimum Gasteiger partial charge on any atom is -0.569 e. The minimum absolute atomic E-state index is 0.0551. The summed E-state index contributed by atoms with van der Waals surface area (Å²) < 4.78 is 83.6. The van der Waals surface area contributed by atoms with Crippen molar-refractivity contribution < 1.29 is 55.2 Å². The van der Waals surface area contributed by atoms with Crippen molar-refractivity contribution in [1.29, 1.82) is 0 Å². The first-order chi connectivity index (χ1) is 21.9. The minimum atomic E-state index is -4.72. The zero-order chi connectivity index (χ0) is 34.6. The number of halogens is 3. The largest absolute Gasteiger partial charge is 0.569 e. The molecule has 1 fully saturated rings. The summed E-state index contributed by atoms with van der Waals surface area (Å²) in [7, 11) is -4.46. The second-order valence-electron chi connectivity index (χ2n) is 11.2. The summed E-state index contributed by atoms with van der Waals surface area (Å²) in [5.74, 6) is 0. The Morgan fingerprint density at radius 2 is 1.77 bits per heavy atom. The fourth-order valence-corrected chi connectivity index (χ4v) is 5.08. The van der Waals surface area contributed by atoms with Crippen LogP contribution in [0.1, 0.15) is 38.4 Å². The van der Waals surface area contributed by atoms with Gasteiger partial charge in [0.25, 0.3) is 16.8 Å². The van der Waals surface area contributed by atoms with E-state index in [9.17, 15) is 36.4 Å². The molecule has 47 heavy (non-hydrogen) atoms. The Balaban J connectivity index is 1.34. The molecule has 0 bridgehead atoms. The molecule has 2 heterocycles. The average molecular weight is 685 g/mol. The third-order valence-electron chi connectivity index (χ3n) is 6.34. The predicted octanol–water partition coefficient (Wildman–Crippen LogP) is 5.07. The second-order valence-corrected chi connectivity index (χ2v) is 12.9. The number of hydrogen-bond donors (Lipinski definition) is 1. The van der Waals surface area contributed by atoms with Crippen molar-refractivity contribution in [3.63, 3.8) is 0 Å². The van der Waals surface area contributed by atoms with Crippen molar-refractivity contribution >= 4 is 22.3 Å². The molecule has 0 radical (unpaired) electrons. The topological polar surface area (TPSA) is 177 Å². The number of aromatic nitrogens is 2. The Bertz CT molecular complexity index is 1720. The smallest absolute Gasteiger partial charge is 0.511 e. The van der Waals surface area contributed by atoms with Gasteiger partial charge in [0, 0.05) is 12.0 Å². The number of nitrogens with one attached hydrogen (secondary N) is 1. The van der Waals surface area contributed by atoms with Crippen molar-refractivity contribution in [2.24, 2.45) is 5.28 Å². The van der Waals surface area contributed by atoms with E-state index in [-0.39, 0.29) is 40.8 Å². The van der Waals surface area contributed by atoms with Gasteiger partial charge in [-0.1, -0.05) is 29.8 Å². The Labute approximate surface area is 267 Å². The highest BCUT2D eigenvalue weighted by atomic mass is 32.2. The van der Waals surface area contributed by atoms with E-state index < -0.39 is 52.6 Å². The van der Waals surface area contributed by atoms with Gasteiger partial charge in [-0.3, -0.25) is 0 Å². The zero-order valence-corrected chi connectivity index (χ0v) is 26.4. The molecular formula is C28H31F3N6O9S. The van der Waals surface area contributed by atoms with E-state index in [1.807, 2.05) is 6.92 Å². The number of ether oxygens (including phenoxy) is 3. The standard InChI is InChI=1S/C28H31F3N6O9S/c1-18-5-7-19(8-6-18)23-15-24(28(29,30)31)32-36(23)20-9-11-22(12-10-20)47(41,42)33-25(38)45-21-13-14-35(16-21)37(40)34-44-17-43-26(39)46-27(2,3)4/h5-12,15,21H,13-14,16-17H2,1-4H3,(H,33,38). The summed E-state index contributed by atoms with van der Waals surface area (Å²) in [6.45, 7) is 5.93. The normalized spacial score (nSPS) is 15.7. The monoisotopic (exact) mass is 684 g/mol. The molecule has 1 aromatic heterocycles. The van der Waals surface area contributed by atoms with Crippen LogP contribution in [-0.2, 0) is 35.2 Å². The number of benzene rings is 2. The number of amides is 1. The zero-order valence-electron chi connectivity index (χ0n) is 25.6. The Morgan fingerprint density at radius 1 is 1.11 bits per heavy atom. The van der Waals surface area contributed by atoms with Crippen LogP contribution in [0, 0.1) is 12.1 Å². The maximum atomic E-state index is 13.5. The molecule has 3 aromatic rings. The first-order valence-electron chi connectivity index (χ1n) is 13.9. The van der Waals surface area contributed by atoms with Crippen LogP contribution in [0.2, 0.25) is 0 Å². The van der Waals surface area contributed by atoms with E-state index in [2.05, 4.69) is 20.0 Å². The van der Waals surface area contributed by atoms with Gasteiger partial charge in [0.15, 0.2) is 5.69 Å². The van der Waals surface area contributed by atoms with Gasteiger partial charge in [-0.2, -0.15) is 18.3 Å². The van der Waals surface area contributed by atoms with Gasteiger partial charge in [-0.15, -0.1) is 5.01 Å². The van der Waals surface area contributed by atoms with Crippen LogP contribution in [0.3, 0.4) is 0 Å². The van der Waals surface area contributed by atoms with Gasteiger partial charge in [0.05, 0.1) is 27.8 Å². The second kappa shape index (κ2) is 13.7. The molecule has 19 heteroatoms. The molecule has 1 atom stereocenters. The number of hydrogen-bond acceptors (Lipinski definition) is 11. The van der Waals surface area contributed by atoms with Crippen LogP contribution in [0.5, 0.6) is 0 Å². The molecule has 1 unspecified atom stereocenters. The van der Waals surface area contributed by atoms with Crippen molar-refractivity contribution in [2.45, 2.75) is 56.9 Å². The highest BCUT2D eigenvalue weighted by Crippen LogP contribution is 2.33. The lowest BCUT2D eigenvalue weighted by Gasteiger charge is -2.18. The molecule has 254 valence electrons. The van der Waals surface area contributed by atoms with Crippen LogP contribution in [0.25, 0.3) is 16.9 Å². The van der Waals surface area contributed by atoms with Crippen molar-refractivity contribution in [1.82, 2.24) is 19.5 Å². The van der Waals surface area contributed by atoms with Gasteiger partial charge in [0.2, 0.25) is 5.28 Å². The van der Waals surface area contributed by atoms with E-state index in [0.717, 1.165) is 33.5 Å². The highest BCUT2D eigenvalue weighted by molar-refractivity contribution is 7.90. The van der Waals surface area contributed by atoms with Gasteiger partial charge < -0.3 is 24.3 Å². The summed E-state index contributed by atoms with van der Waals surface area (Å²) >= 11 is 0. The van der Waals surface area contributed by atoms with Gasteiger partial charge in [-0.25, -0.2) is 27.4 Å². The number of carbonyl (C=O) groups excluding carboxylic acids is 2. The Kier molecular flexibility index (Phi) is 10.2. The van der Waals surface area contributed by atoms with Crippen LogP contribution < -0.4 is 4.72 Å². The van der Waals surface area contributed by atoms with E-state index in [4.69, 9.17) is 9.47 Å². The Hall–Kier alpha value is -5.07. The maximum Gasteiger partial charge on any atom is 0.511 e. The summed E-state index contributed by atoms with van der Waals surface area (Å²) in [6, 6.07) is 12.3. The van der Waals surface area contributed by atoms with Crippen molar-refractivity contribution in [3.8, 4) is 16.9 Å². The third-order valence-corrected chi connectivity index (χ3v) is 7.67. The quantitative estimate of drug-likeness (QED) is 0.0795. The number of aryl methyl sites for hydroxylation is 1. The number of hydrazine groups is 1. The summed E-state index contributed by atoms with van der Waals surface area (Å²) in [5.41, 5.74) is -0.299. The lowest BCUT2D eigenvalue weighted by atomic mass is 10.1. The number of sulfonamides is 1. The molecule has 0 saturated carbocycles. The number of alkyl halides is 3. The molecule has 0 aliphatic carbocycles. The van der Waals surface area contributed by atoms with Gasteiger partial charge in [-0.05, 0) is 58.0 Å². The van der Waals surface area contributed by atoms with E-state index in [1.54, 1.807) is 49.8 Å². The Morgan fingerprint density at radius 3 is 2.38 bits per heavy atom. The van der Waals surface area contributed by atoms with Crippen LogP contribution in [0.4, 0.5) is 22.8 Å². The molecule has 1 N–H and O–H groups in total. The lowest BCUT2D eigenvalue weighted by Crippen LogP contribution is -2.36. The third kappa shape index (κ3) is 9.47. The van der Waals surface area contributed by atoms with Crippen molar-refractivity contribution in [2.75, 3.05) is 19.9 Å². The predicted molar refractivity (Wildman–Crippen MR) is 155 cm³/mol. The number of carbonyl (C=O) groups is 2. The SMILES string of the molecule is Cc1ccc(-c2cc(C(F)(F)F)nn2-c2ccc(S(=O)(=O)NC(=O)OC3CCN([N+]([O-])=NOCOC(=O)OC(C)(C)C)C3)cc2)cc1. The molecule has 1 aliphatic rings. The van der Waals surface area contributed by atoms with E-state index in [1.165, 1.54) is 12.1 Å². The lowest BCUT2D eigenvalue weighted by molar-refractivity contribution is -0.708. The molecular weight excluding hydrogens is 653 g/mol. The van der Waals surface area contributed by atoms with E-state index >= 15 is 0 Å². The van der Waals surface area contributed by atoms with Crippen LogP contribution >= 0.6 is 0 Å².